The summed E-state index contributed by atoms with van der Waals surface area (Å²) < 4.78 is 4.02. The second-order valence-electron chi connectivity index (χ2n) is 6.59. The molecule has 0 unspecified atom stereocenters. The summed E-state index contributed by atoms with van der Waals surface area (Å²) in [5, 5.41) is 12.9. The number of carbonyl (C=O) groups excluding carboxylic acids is 1. The molecular formula is C18H25N5OS. The van der Waals surface area contributed by atoms with Gasteiger partial charge in [-0.05, 0) is 43.2 Å². The summed E-state index contributed by atoms with van der Waals surface area (Å²) in [6, 6.07) is 2.34. The van der Waals surface area contributed by atoms with Gasteiger partial charge >= 0.3 is 0 Å². The molecule has 2 aromatic heterocycles. The first-order valence-electron chi connectivity index (χ1n) is 8.83. The molecule has 2 aromatic rings. The molecule has 0 radical (unpaired) electrons. The zero-order chi connectivity index (χ0) is 17.8. The Kier molecular flexibility index (Phi) is 5.73. The highest BCUT2D eigenvalue weighted by atomic mass is 32.2. The van der Waals surface area contributed by atoms with E-state index in [0.29, 0.717) is 11.8 Å². The van der Waals surface area contributed by atoms with Gasteiger partial charge in [-0.1, -0.05) is 37.1 Å². The van der Waals surface area contributed by atoms with E-state index in [4.69, 9.17) is 0 Å². The Bertz CT molecular complexity index is 758. The van der Waals surface area contributed by atoms with Crippen molar-refractivity contribution in [1.82, 2.24) is 24.8 Å². The molecule has 0 bridgehead atoms. The molecule has 0 saturated heterocycles. The van der Waals surface area contributed by atoms with E-state index in [2.05, 4.69) is 26.7 Å². The average molecular weight is 359 g/mol. The second kappa shape index (κ2) is 7.99. The molecule has 0 aliphatic heterocycles. The molecule has 1 fully saturated rings. The van der Waals surface area contributed by atoms with Crippen LogP contribution >= 0.6 is 11.8 Å². The molecule has 1 saturated carbocycles. The van der Waals surface area contributed by atoms with E-state index < -0.39 is 0 Å². The van der Waals surface area contributed by atoms with Gasteiger partial charge in [0, 0.05) is 23.5 Å². The third-order valence-corrected chi connectivity index (χ3v) is 5.83. The molecule has 3 rings (SSSR count). The average Bonchev–Trinajstić information content (AvgIpc) is 3.20. The first-order valence-corrected chi connectivity index (χ1v) is 9.82. The normalized spacial score (nSPS) is 15.4. The molecule has 134 valence electrons. The van der Waals surface area contributed by atoms with Crippen molar-refractivity contribution in [1.29, 1.82) is 0 Å². The smallest absolute Gasteiger partial charge is 0.210 e. The SMILES string of the molecule is C=CCn1c(C)cc(C(=O)CSc2nnnn2C2CCCCC2)c1C. The molecule has 0 spiro atoms. The molecule has 7 heteroatoms. The zero-order valence-corrected chi connectivity index (χ0v) is 15.8. The van der Waals surface area contributed by atoms with E-state index in [-0.39, 0.29) is 5.78 Å². The van der Waals surface area contributed by atoms with Crippen molar-refractivity contribution in [3.8, 4) is 0 Å². The zero-order valence-electron chi connectivity index (χ0n) is 14.9. The maximum Gasteiger partial charge on any atom is 0.210 e. The Hall–Kier alpha value is -1.89. The van der Waals surface area contributed by atoms with E-state index in [0.717, 1.165) is 41.5 Å². The Morgan fingerprint density at radius 3 is 2.84 bits per heavy atom. The summed E-state index contributed by atoms with van der Waals surface area (Å²) in [4.78, 5) is 12.7. The van der Waals surface area contributed by atoms with Crippen LogP contribution in [-0.4, -0.2) is 36.3 Å². The minimum atomic E-state index is 0.117. The summed E-state index contributed by atoms with van der Waals surface area (Å²) in [7, 11) is 0. The number of allylic oxidation sites excluding steroid dienone is 1. The van der Waals surface area contributed by atoms with Crippen molar-refractivity contribution in [3.63, 3.8) is 0 Å². The highest BCUT2D eigenvalue weighted by Crippen LogP contribution is 2.30. The highest BCUT2D eigenvalue weighted by molar-refractivity contribution is 7.99. The van der Waals surface area contributed by atoms with Gasteiger partial charge in [-0.2, -0.15) is 0 Å². The third-order valence-electron chi connectivity index (χ3n) is 4.90. The Morgan fingerprint density at radius 1 is 1.36 bits per heavy atom. The van der Waals surface area contributed by atoms with Gasteiger partial charge in [0.2, 0.25) is 5.16 Å². The van der Waals surface area contributed by atoms with Crippen LogP contribution in [0.3, 0.4) is 0 Å². The summed E-state index contributed by atoms with van der Waals surface area (Å²) in [5.74, 6) is 0.470. The number of nitrogens with zero attached hydrogens (tertiary/aromatic N) is 5. The van der Waals surface area contributed by atoms with E-state index in [1.54, 1.807) is 0 Å². The van der Waals surface area contributed by atoms with Crippen molar-refractivity contribution in [2.24, 2.45) is 0 Å². The molecule has 6 nitrogen and oxygen atoms in total. The Labute approximate surface area is 152 Å². The van der Waals surface area contributed by atoms with Crippen molar-refractivity contribution >= 4 is 17.5 Å². The largest absolute Gasteiger partial charge is 0.345 e. The fourth-order valence-electron chi connectivity index (χ4n) is 3.54. The van der Waals surface area contributed by atoms with Gasteiger partial charge in [0.1, 0.15) is 0 Å². The lowest BCUT2D eigenvalue weighted by Gasteiger charge is -2.21. The number of rotatable bonds is 7. The number of aryl methyl sites for hydroxylation is 1. The maximum atomic E-state index is 12.7. The van der Waals surface area contributed by atoms with Crippen LogP contribution in [0.15, 0.2) is 23.9 Å². The number of hydrogen-bond donors (Lipinski definition) is 0. The molecule has 1 aliphatic rings. The van der Waals surface area contributed by atoms with Crippen LogP contribution in [0, 0.1) is 13.8 Å². The summed E-state index contributed by atoms with van der Waals surface area (Å²) >= 11 is 1.44. The number of Topliss-reactive ketones (excluding diaryl/α,β-unsaturated/α-hetero) is 1. The number of carbonyl (C=O) groups is 1. The molecule has 0 N–H and O–H groups in total. The van der Waals surface area contributed by atoms with Gasteiger partial charge < -0.3 is 4.57 Å². The fraction of sp³-hybridized carbons (Fsp3) is 0.556. The van der Waals surface area contributed by atoms with Crippen molar-refractivity contribution < 1.29 is 4.79 Å². The fourth-order valence-corrected chi connectivity index (χ4v) is 4.36. The number of thioether (sulfide) groups is 1. The van der Waals surface area contributed by atoms with Crippen LogP contribution in [0.2, 0.25) is 0 Å². The maximum absolute atomic E-state index is 12.7. The molecule has 1 aliphatic carbocycles. The molecule has 0 amide bonds. The van der Waals surface area contributed by atoms with Crippen LogP contribution in [-0.2, 0) is 6.54 Å². The van der Waals surface area contributed by atoms with Gasteiger partial charge in [-0.15, -0.1) is 11.7 Å². The standard InChI is InChI=1S/C18H25N5OS/c1-4-10-22-13(2)11-16(14(22)3)17(24)12-25-18-19-20-21-23(18)15-8-6-5-7-9-15/h4,11,15H,1,5-10,12H2,2-3H3. The molecular weight excluding hydrogens is 334 g/mol. The summed E-state index contributed by atoms with van der Waals surface area (Å²) in [6.07, 6.45) is 7.83. The van der Waals surface area contributed by atoms with Crippen molar-refractivity contribution in [3.05, 3.63) is 35.7 Å². The summed E-state index contributed by atoms with van der Waals surface area (Å²) in [5.41, 5.74) is 2.86. The number of tetrazole rings is 1. The third kappa shape index (κ3) is 3.86. The Morgan fingerprint density at radius 2 is 2.12 bits per heavy atom. The highest BCUT2D eigenvalue weighted by Gasteiger charge is 2.22. The summed E-state index contributed by atoms with van der Waals surface area (Å²) in [6.45, 7) is 8.51. The van der Waals surface area contributed by atoms with E-state index in [9.17, 15) is 4.79 Å². The van der Waals surface area contributed by atoms with Gasteiger partial charge in [-0.3, -0.25) is 4.79 Å². The lowest BCUT2D eigenvalue weighted by molar-refractivity contribution is 0.102. The van der Waals surface area contributed by atoms with Crippen LogP contribution < -0.4 is 0 Å². The van der Waals surface area contributed by atoms with Gasteiger partial charge in [-0.25, -0.2) is 4.68 Å². The quantitative estimate of drug-likeness (QED) is 0.428. The second-order valence-corrected chi connectivity index (χ2v) is 7.54. The number of ketones is 1. The van der Waals surface area contributed by atoms with Gasteiger partial charge in [0.05, 0.1) is 11.8 Å². The predicted molar refractivity (Wildman–Crippen MR) is 99.1 cm³/mol. The van der Waals surface area contributed by atoms with E-state index in [1.165, 1.54) is 31.0 Å². The van der Waals surface area contributed by atoms with Crippen LogP contribution in [0.25, 0.3) is 0 Å². The van der Waals surface area contributed by atoms with Crippen molar-refractivity contribution in [2.45, 2.75) is 63.7 Å². The minimum Gasteiger partial charge on any atom is -0.345 e. The first kappa shape index (κ1) is 17.9. The Balaban J connectivity index is 1.68. The lowest BCUT2D eigenvalue weighted by Crippen LogP contribution is -2.16. The first-order chi connectivity index (χ1) is 12.1. The molecule has 2 heterocycles. The van der Waals surface area contributed by atoms with E-state index in [1.807, 2.05) is 30.7 Å². The topological polar surface area (TPSA) is 65.6 Å². The number of hydrogen-bond acceptors (Lipinski definition) is 5. The minimum absolute atomic E-state index is 0.117. The van der Waals surface area contributed by atoms with Crippen LogP contribution in [0.1, 0.15) is 59.9 Å². The molecule has 0 aromatic carbocycles. The lowest BCUT2D eigenvalue weighted by atomic mass is 9.96. The van der Waals surface area contributed by atoms with Gasteiger partial charge in [0.25, 0.3) is 0 Å². The van der Waals surface area contributed by atoms with E-state index >= 15 is 0 Å². The number of aromatic nitrogens is 5. The van der Waals surface area contributed by atoms with Crippen molar-refractivity contribution in [2.75, 3.05) is 5.75 Å². The van der Waals surface area contributed by atoms with Crippen LogP contribution in [0.4, 0.5) is 0 Å². The molecule has 25 heavy (non-hydrogen) atoms. The molecule has 0 atom stereocenters. The predicted octanol–water partition coefficient (Wildman–Crippen LogP) is 3.76. The van der Waals surface area contributed by atoms with Gasteiger partial charge in [0.15, 0.2) is 5.78 Å². The van der Waals surface area contributed by atoms with Crippen LogP contribution in [0.5, 0.6) is 0 Å². The monoisotopic (exact) mass is 359 g/mol.